The van der Waals surface area contributed by atoms with Crippen LogP contribution < -0.4 is 0 Å². The first kappa shape index (κ1) is 12.4. The number of hydrogen-bond donors (Lipinski definition) is 0. The summed E-state index contributed by atoms with van der Waals surface area (Å²) in [7, 11) is 0. The van der Waals surface area contributed by atoms with Crippen LogP contribution in [0.2, 0.25) is 0 Å². The van der Waals surface area contributed by atoms with Gasteiger partial charge in [0.1, 0.15) is 0 Å². The van der Waals surface area contributed by atoms with Crippen molar-refractivity contribution in [2.45, 2.75) is 39.5 Å². The maximum absolute atomic E-state index is 11.9. The van der Waals surface area contributed by atoms with Gasteiger partial charge in [-0.3, -0.25) is 4.79 Å². The number of rotatable bonds is 5. The quantitative estimate of drug-likeness (QED) is 0.431. The van der Waals surface area contributed by atoms with E-state index in [-0.39, 0.29) is 5.78 Å². The highest BCUT2D eigenvalue weighted by atomic mass is 16.1. The Kier molecular flexibility index (Phi) is 4.65. The summed E-state index contributed by atoms with van der Waals surface area (Å²) in [6.07, 6.45) is 7.74. The lowest BCUT2D eigenvalue weighted by Crippen LogP contribution is -2.07. The third kappa shape index (κ3) is 3.16. The number of ketones is 1. The molecule has 3 heteroatoms. The zero-order valence-electron chi connectivity index (χ0n) is 9.79. The van der Waals surface area contributed by atoms with Gasteiger partial charge in [0, 0.05) is 18.4 Å². The number of aromatic nitrogens is 2. The van der Waals surface area contributed by atoms with Crippen LogP contribution >= 0.6 is 0 Å². The molecule has 0 aliphatic heterocycles. The van der Waals surface area contributed by atoms with E-state index in [1.807, 2.05) is 19.9 Å². The van der Waals surface area contributed by atoms with Gasteiger partial charge in [-0.2, -0.15) is 10.2 Å². The van der Waals surface area contributed by atoms with Crippen molar-refractivity contribution in [2.75, 3.05) is 0 Å². The van der Waals surface area contributed by atoms with Crippen LogP contribution in [0, 0.1) is 19.3 Å². The largest absolute Gasteiger partial charge is 0.294 e. The first-order valence-corrected chi connectivity index (χ1v) is 5.49. The fourth-order valence-electron chi connectivity index (χ4n) is 1.50. The molecule has 0 aliphatic rings. The average molecular weight is 216 g/mol. The summed E-state index contributed by atoms with van der Waals surface area (Å²) >= 11 is 0. The van der Waals surface area contributed by atoms with Gasteiger partial charge in [0.2, 0.25) is 0 Å². The van der Waals surface area contributed by atoms with Crippen LogP contribution in [0.15, 0.2) is 6.07 Å². The van der Waals surface area contributed by atoms with Crippen LogP contribution in [0.25, 0.3) is 0 Å². The maximum atomic E-state index is 11.9. The van der Waals surface area contributed by atoms with Crippen molar-refractivity contribution < 1.29 is 4.79 Å². The first-order chi connectivity index (χ1) is 7.69. The fourth-order valence-corrected chi connectivity index (χ4v) is 1.50. The summed E-state index contributed by atoms with van der Waals surface area (Å²) in [4.78, 5) is 11.9. The zero-order valence-corrected chi connectivity index (χ0v) is 9.79. The summed E-state index contributed by atoms with van der Waals surface area (Å²) in [6.45, 7) is 3.81. The third-order valence-corrected chi connectivity index (χ3v) is 2.35. The Morgan fingerprint density at radius 2 is 2.25 bits per heavy atom. The Hall–Kier alpha value is -1.69. The van der Waals surface area contributed by atoms with Crippen molar-refractivity contribution >= 4 is 5.78 Å². The third-order valence-electron chi connectivity index (χ3n) is 2.35. The minimum Gasteiger partial charge on any atom is -0.294 e. The van der Waals surface area contributed by atoms with Crippen molar-refractivity contribution in [3.63, 3.8) is 0 Å². The average Bonchev–Trinajstić information content (AvgIpc) is 2.29. The van der Waals surface area contributed by atoms with Crippen molar-refractivity contribution in [3.05, 3.63) is 23.0 Å². The van der Waals surface area contributed by atoms with E-state index in [9.17, 15) is 4.79 Å². The Morgan fingerprint density at radius 1 is 1.50 bits per heavy atom. The highest BCUT2D eigenvalue weighted by molar-refractivity contribution is 5.97. The monoisotopic (exact) mass is 216 g/mol. The molecule has 0 N–H and O–H groups in total. The highest BCUT2D eigenvalue weighted by Crippen LogP contribution is 2.12. The van der Waals surface area contributed by atoms with Crippen LogP contribution in [0.5, 0.6) is 0 Å². The molecule has 0 saturated carbocycles. The van der Waals surface area contributed by atoms with Crippen molar-refractivity contribution in [1.29, 1.82) is 0 Å². The second-order valence-corrected chi connectivity index (χ2v) is 3.68. The molecule has 0 amide bonds. The minimum absolute atomic E-state index is 0.116. The fraction of sp³-hybridized carbons (Fsp3) is 0.462. The number of nitrogens with zero attached hydrogens (tertiary/aromatic N) is 2. The van der Waals surface area contributed by atoms with Crippen LogP contribution in [0.4, 0.5) is 0 Å². The van der Waals surface area contributed by atoms with Crippen LogP contribution in [0.1, 0.15) is 47.9 Å². The van der Waals surface area contributed by atoms with Crippen molar-refractivity contribution in [1.82, 2.24) is 10.2 Å². The summed E-state index contributed by atoms with van der Waals surface area (Å²) in [5, 5.41) is 7.99. The molecule has 0 saturated heterocycles. The van der Waals surface area contributed by atoms with Gasteiger partial charge in [0.05, 0.1) is 11.4 Å². The van der Waals surface area contributed by atoms with Gasteiger partial charge in [-0.15, -0.1) is 12.3 Å². The minimum atomic E-state index is 0.116. The Morgan fingerprint density at radius 3 is 2.88 bits per heavy atom. The molecule has 1 aromatic heterocycles. The predicted octanol–water partition coefficient (Wildman–Crippen LogP) is 2.33. The first-order valence-electron chi connectivity index (χ1n) is 5.49. The summed E-state index contributed by atoms with van der Waals surface area (Å²) in [5.41, 5.74) is 2.25. The molecule has 0 fully saturated rings. The molecular weight excluding hydrogens is 200 g/mol. The van der Waals surface area contributed by atoms with E-state index >= 15 is 0 Å². The number of Topliss-reactive ketones (excluding diaryl/α,β-unsaturated/α-hetero) is 1. The molecule has 0 atom stereocenters. The number of terminal acetylenes is 1. The maximum Gasteiger partial charge on any atom is 0.164 e. The zero-order chi connectivity index (χ0) is 12.0. The van der Waals surface area contributed by atoms with E-state index in [0.29, 0.717) is 18.4 Å². The normalized spacial score (nSPS) is 9.81. The Bertz CT molecular complexity index is 418. The number of carbonyl (C=O) groups excluding carboxylic acids is 1. The van der Waals surface area contributed by atoms with E-state index < -0.39 is 0 Å². The SMILES string of the molecule is C#CCCCC(=O)c1cc(C)nnc1CC. The number of carbonyl (C=O) groups is 1. The van der Waals surface area contributed by atoms with Crippen molar-refractivity contribution in [3.8, 4) is 12.3 Å². The van der Waals surface area contributed by atoms with E-state index in [1.165, 1.54) is 0 Å². The number of unbranched alkanes of at least 4 members (excludes halogenated alkanes) is 1. The van der Waals surface area contributed by atoms with Gasteiger partial charge in [-0.05, 0) is 25.8 Å². The molecule has 1 heterocycles. The van der Waals surface area contributed by atoms with E-state index in [1.54, 1.807) is 0 Å². The van der Waals surface area contributed by atoms with E-state index in [4.69, 9.17) is 6.42 Å². The van der Waals surface area contributed by atoms with Gasteiger partial charge in [0.15, 0.2) is 5.78 Å². The summed E-state index contributed by atoms with van der Waals surface area (Å²) in [5.74, 6) is 2.65. The molecular formula is C13H16N2O. The predicted molar refractivity (Wildman–Crippen MR) is 63.2 cm³/mol. The number of aryl methyl sites for hydroxylation is 2. The lowest BCUT2D eigenvalue weighted by atomic mass is 10.0. The molecule has 0 unspecified atom stereocenters. The van der Waals surface area contributed by atoms with Gasteiger partial charge in [-0.1, -0.05) is 6.92 Å². The molecule has 16 heavy (non-hydrogen) atoms. The lowest BCUT2D eigenvalue weighted by Gasteiger charge is -2.05. The van der Waals surface area contributed by atoms with Gasteiger partial charge in [-0.25, -0.2) is 0 Å². The molecule has 84 valence electrons. The van der Waals surface area contributed by atoms with Gasteiger partial charge >= 0.3 is 0 Å². The smallest absolute Gasteiger partial charge is 0.164 e. The molecule has 1 aromatic rings. The summed E-state index contributed by atoms with van der Waals surface area (Å²) in [6, 6.07) is 1.81. The van der Waals surface area contributed by atoms with Crippen LogP contribution in [-0.2, 0) is 6.42 Å². The molecule has 0 radical (unpaired) electrons. The molecule has 0 aromatic carbocycles. The molecule has 1 rings (SSSR count). The standard InChI is InChI=1S/C13H16N2O/c1-4-6-7-8-13(16)11-9-10(3)14-15-12(11)5-2/h1,9H,5-8H2,2-3H3. The highest BCUT2D eigenvalue weighted by Gasteiger charge is 2.12. The lowest BCUT2D eigenvalue weighted by molar-refractivity contribution is 0.0979. The van der Waals surface area contributed by atoms with E-state index in [0.717, 1.165) is 24.2 Å². The van der Waals surface area contributed by atoms with Crippen LogP contribution in [-0.4, -0.2) is 16.0 Å². The molecule has 0 bridgehead atoms. The topological polar surface area (TPSA) is 42.9 Å². The van der Waals surface area contributed by atoms with Gasteiger partial charge in [0.25, 0.3) is 0 Å². The molecule has 0 spiro atoms. The van der Waals surface area contributed by atoms with Gasteiger partial charge < -0.3 is 0 Å². The second kappa shape index (κ2) is 6.02. The van der Waals surface area contributed by atoms with Crippen LogP contribution in [0.3, 0.4) is 0 Å². The Balaban J connectivity index is 2.81. The second-order valence-electron chi connectivity index (χ2n) is 3.68. The van der Waals surface area contributed by atoms with E-state index in [2.05, 4.69) is 16.1 Å². The molecule has 0 aliphatic carbocycles. The molecule has 3 nitrogen and oxygen atoms in total. The number of hydrogen-bond acceptors (Lipinski definition) is 3. The Labute approximate surface area is 96.3 Å². The van der Waals surface area contributed by atoms with Crippen molar-refractivity contribution in [2.24, 2.45) is 0 Å². The summed E-state index contributed by atoms with van der Waals surface area (Å²) < 4.78 is 0.